The number of imidazole rings is 1. The van der Waals surface area contributed by atoms with E-state index in [0.29, 0.717) is 54.6 Å². The molecule has 13 heteroatoms. The number of fused-ring (bicyclic) bond motifs is 1. The van der Waals surface area contributed by atoms with Crippen molar-refractivity contribution in [3.8, 4) is 5.75 Å². The Morgan fingerprint density at radius 2 is 1.91 bits per heavy atom. The number of methoxy groups -OCH3 is 1. The van der Waals surface area contributed by atoms with Crippen LogP contribution in [0, 0.1) is 5.92 Å². The predicted molar refractivity (Wildman–Crippen MR) is 126 cm³/mol. The van der Waals surface area contributed by atoms with E-state index in [1.807, 2.05) is 4.57 Å². The van der Waals surface area contributed by atoms with Crippen LogP contribution in [0.15, 0.2) is 35.5 Å². The van der Waals surface area contributed by atoms with Crippen LogP contribution in [-0.4, -0.2) is 52.7 Å². The monoisotopic (exact) mass is 491 g/mol. The minimum absolute atomic E-state index is 0.0457. The van der Waals surface area contributed by atoms with Crippen molar-refractivity contribution in [2.75, 3.05) is 23.7 Å². The zero-order valence-corrected chi connectivity index (χ0v) is 20.1. The Labute approximate surface area is 197 Å². The number of amides is 1. The van der Waals surface area contributed by atoms with Crippen LogP contribution in [0.1, 0.15) is 33.1 Å². The summed E-state index contributed by atoms with van der Waals surface area (Å²) in [6, 6.07) is 5.98. The molecule has 12 nitrogen and oxygen atoms in total. The lowest BCUT2D eigenvalue weighted by molar-refractivity contribution is -0.129. The summed E-state index contributed by atoms with van der Waals surface area (Å²) in [5, 5.41) is 11.7. The molecule has 3 rings (SSSR count). The SMILES string of the molecule is COc1ccc(S(=O)(=O)Nc2nc(NCCCCC(=O)NO)c3ncn(CC(C)C)c3n2)cc1. The Morgan fingerprint density at radius 3 is 2.56 bits per heavy atom. The predicted octanol–water partition coefficient (Wildman–Crippen LogP) is 2.38. The number of aromatic nitrogens is 4. The van der Waals surface area contributed by atoms with Crippen molar-refractivity contribution < 1.29 is 23.2 Å². The fraction of sp³-hybridized carbons (Fsp3) is 0.429. The Hall–Kier alpha value is -3.45. The van der Waals surface area contributed by atoms with Crippen molar-refractivity contribution in [3.05, 3.63) is 30.6 Å². The van der Waals surface area contributed by atoms with Crippen LogP contribution in [0.2, 0.25) is 0 Å². The maximum atomic E-state index is 12.9. The second-order valence-corrected chi connectivity index (χ2v) is 9.74. The number of carbonyl (C=O) groups is 1. The molecule has 0 radical (unpaired) electrons. The molecule has 3 aromatic rings. The maximum Gasteiger partial charge on any atom is 0.264 e. The number of nitrogens with one attached hydrogen (secondary N) is 3. The highest BCUT2D eigenvalue weighted by atomic mass is 32.2. The van der Waals surface area contributed by atoms with Crippen LogP contribution >= 0.6 is 0 Å². The summed E-state index contributed by atoms with van der Waals surface area (Å²) in [6.45, 7) is 5.23. The molecular weight excluding hydrogens is 462 g/mol. The smallest absolute Gasteiger partial charge is 0.264 e. The highest BCUT2D eigenvalue weighted by Crippen LogP contribution is 2.24. The number of carbonyl (C=O) groups excluding carboxylic acids is 1. The fourth-order valence-electron chi connectivity index (χ4n) is 3.25. The van der Waals surface area contributed by atoms with Gasteiger partial charge in [0.05, 0.1) is 18.3 Å². The van der Waals surface area contributed by atoms with Crippen LogP contribution in [0.3, 0.4) is 0 Å². The Bertz CT molecular complexity index is 1230. The number of hydrogen-bond acceptors (Lipinski definition) is 9. The standard InChI is InChI=1S/C21H29N7O5S/c1-14(2)12-28-13-23-18-19(22-11-5-4-6-17(29)26-30)24-21(25-20(18)28)27-34(31,32)16-9-7-15(33-3)8-10-16/h7-10,13-14,30H,4-6,11-12H2,1-3H3,(H,26,29)(H2,22,24,25,27). The van der Waals surface area contributed by atoms with Crippen molar-refractivity contribution in [3.63, 3.8) is 0 Å². The highest BCUT2D eigenvalue weighted by Gasteiger charge is 2.19. The van der Waals surface area contributed by atoms with Gasteiger partial charge < -0.3 is 14.6 Å². The van der Waals surface area contributed by atoms with Gasteiger partial charge in [-0.1, -0.05) is 13.8 Å². The molecule has 0 spiro atoms. The zero-order valence-electron chi connectivity index (χ0n) is 19.3. The summed E-state index contributed by atoms with van der Waals surface area (Å²) in [4.78, 5) is 24.4. The molecule has 1 aromatic carbocycles. The summed E-state index contributed by atoms with van der Waals surface area (Å²) in [7, 11) is -2.44. The lowest BCUT2D eigenvalue weighted by Crippen LogP contribution is -2.18. The normalized spacial score (nSPS) is 11.6. The second-order valence-electron chi connectivity index (χ2n) is 8.06. The molecule has 34 heavy (non-hydrogen) atoms. The number of rotatable bonds is 12. The zero-order chi connectivity index (χ0) is 24.7. The first-order valence-electron chi connectivity index (χ1n) is 10.8. The van der Waals surface area contributed by atoms with Crippen molar-refractivity contribution in [1.29, 1.82) is 0 Å². The van der Waals surface area contributed by atoms with Crippen molar-refractivity contribution in [2.24, 2.45) is 5.92 Å². The van der Waals surface area contributed by atoms with E-state index < -0.39 is 15.9 Å². The Balaban J connectivity index is 1.86. The third-order valence-corrected chi connectivity index (χ3v) is 6.21. The molecule has 0 saturated heterocycles. The number of hydrogen-bond donors (Lipinski definition) is 4. The molecule has 0 aliphatic carbocycles. The van der Waals surface area contributed by atoms with Crippen LogP contribution in [0.4, 0.5) is 11.8 Å². The van der Waals surface area contributed by atoms with E-state index in [1.165, 1.54) is 19.2 Å². The van der Waals surface area contributed by atoms with Crippen molar-refractivity contribution in [1.82, 2.24) is 25.0 Å². The first-order valence-corrected chi connectivity index (χ1v) is 12.3. The Morgan fingerprint density at radius 1 is 1.18 bits per heavy atom. The number of hydroxylamine groups is 1. The van der Waals surface area contributed by atoms with E-state index in [0.717, 1.165) is 0 Å². The van der Waals surface area contributed by atoms with E-state index in [1.54, 1.807) is 23.9 Å². The minimum Gasteiger partial charge on any atom is -0.497 e. The van der Waals surface area contributed by atoms with Gasteiger partial charge in [0.15, 0.2) is 17.0 Å². The lowest BCUT2D eigenvalue weighted by Gasteiger charge is -2.12. The summed E-state index contributed by atoms with van der Waals surface area (Å²) in [5.74, 6) is 0.702. The maximum absolute atomic E-state index is 12.9. The number of ether oxygens (including phenoxy) is 1. The number of sulfonamides is 1. The van der Waals surface area contributed by atoms with Gasteiger partial charge in [0.1, 0.15) is 5.75 Å². The first kappa shape index (κ1) is 25.2. The molecule has 4 N–H and O–H groups in total. The van der Waals surface area contributed by atoms with Crippen LogP contribution in [0.25, 0.3) is 11.2 Å². The van der Waals surface area contributed by atoms with E-state index in [4.69, 9.17) is 9.94 Å². The topological polar surface area (TPSA) is 160 Å². The number of anilines is 2. The summed E-state index contributed by atoms with van der Waals surface area (Å²) >= 11 is 0. The molecule has 2 heterocycles. The fourth-order valence-corrected chi connectivity index (χ4v) is 4.19. The molecular formula is C21H29N7O5S. The van der Waals surface area contributed by atoms with Crippen molar-refractivity contribution >= 4 is 38.9 Å². The molecule has 0 unspecified atom stereocenters. The summed E-state index contributed by atoms with van der Waals surface area (Å²) in [5.41, 5.74) is 2.61. The molecule has 0 atom stereocenters. The van der Waals surface area contributed by atoms with Gasteiger partial charge >= 0.3 is 0 Å². The van der Waals surface area contributed by atoms with E-state index in [2.05, 4.69) is 38.8 Å². The molecule has 2 aromatic heterocycles. The van der Waals surface area contributed by atoms with Gasteiger partial charge in [-0.2, -0.15) is 9.97 Å². The Kier molecular flexibility index (Phi) is 8.23. The van der Waals surface area contributed by atoms with Gasteiger partial charge in [-0.15, -0.1) is 0 Å². The lowest BCUT2D eigenvalue weighted by atomic mass is 10.2. The number of nitrogens with zero attached hydrogens (tertiary/aromatic N) is 4. The van der Waals surface area contributed by atoms with Gasteiger partial charge in [-0.3, -0.25) is 10.0 Å². The van der Waals surface area contributed by atoms with Crippen LogP contribution < -0.4 is 20.3 Å². The third-order valence-electron chi connectivity index (χ3n) is 4.87. The van der Waals surface area contributed by atoms with Gasteiger partial charge in [-0.25, -0.2) is 23.6 Å². The average Bonchev–Trinajstić information content (AvgIpc) is 3.20. The molecule has 0 bridgehead atoms. The van der Waals surface area contributed by atoms with Crippen LogP contribution in [-0.2, 0) is 21.4 Å². The summed E-state index contributed by atoms with van der Waals surface area (Å²) < 4.78 is 35.2. The van der Waals surface area contributed by atoms with E-state index in [9.17, 15) is 13.2 Å². The van der Waals surface area contributed by atoms with Crippen LogP contribution in [0.5, 0.6) is 5.75 Å². The second kappa shape index (κ2) is 11.1. The van der Waals surface area contributed by atoms with Gasteiger partial charge in [-0.05, 0) is 43.0 Å². The molecule has 0 fully saturated rings. The third kappa shape index (κ3) is 6.32. The number of benzene rings is 1. The molecule has 0 saturated carbocycles. The average molecular weight is 492 g/mol. The van der Waals surface area contributed by atoms with E-state index >= 15 is 0 Å². The molecule has 1 amide bonds. The quantitative estimate of drug-likeness (QED) is 0.169. The van der Waals surface area contributed by atoms with Crippen molar-refractivity contribution in [2.45, 2.75) is 44.6 Å². The molecule has 0 aliphatic rings. The molecule has 184 valence electrons. The van der Waals surface area contributed by atoms with E-state index in [-0.39, 0.29) is 17.3 Å². The number of unbranched alkanes of at least 4 members (excludes halogenated alkanes) is 1. The minimum atomic E-state index is -3.94. The van der Waals surface area contributed by atoms with Gasteiger partial charge in [0.2, 0.25) is 11.9 Å². The largest absolute Gasteiger partial charge is 0.497 e. The highest BCUT2D eigenvalue weighted by molar-refractivity contribution is 7.92. The first-order chi connectivity index (χ1) is 16.2. The summed E-state index contributed by atoms with van der Waals surface area (Å²) in [6.07, 6.45) is 3.01. The molecule has 0 aliphatic heterocycles. The van der Waals surface area contributed by atoms with Gasteiger partial charge in [0.25, 0.3) is 10.0 Å². The van der Waals surface area contributed by atoms with Gasteiger partial charge in [0, 0.05) is 19.5 Å².